The Kier molecular flexibility index (Phi) is 5.37. The number of anilines is 2. The zero-order valence-electron chi connectivity index (χ0n) is 11.9. The number of ether oxygens (including phenoxy) is 1. The van der Waals surface area contributed by atoms with E-state index in [0.717, 1.165) is 17.8 Å². The Morgan fingerprint density at radius 3 is 2.73 bits per heavy atom. The van der Waals surface area contributed by atoms with Crippen LogP contribution in [0.25, 0.3) is 0 Å². The van der Waals surface area contributed by atoms with Gasteiger partial charge in [-0.25, -0.2) is 13.8 Å². The maximum atomic E-state index is 13.5. The summed E-state index contributed by atoms with van der Waals surface area (Å²) in [7, 11) is 1.60. The Labute approximate surface area is 126 Å². The van der Waals surface area contributed by atoms with Gasteiger partial charge in [0.15, 0.2) is 0 Å². The molecule has 22 heavy (non-hydrogen) atoms. The van der Waals surface area contributed by atoms with Gasteiger partial charge in [-0.2, -0.15) is 0 Å². The van der Waals surface area contributed by atoms with Gasteiger partial charge in [0.1, 0.15) is 17.3 Å². The molecule has 0 atom stereocenters. The molecular weight excluding hydrogens is 292 g/mol. The van der Waals surface area contributed by atoms with Crippen molar-refractivity contribution < 1.29 is 18.3 Å². The molecule has 1 amide bonds. The number of nitrogens with zero attached hydrogens (tertiary/aromatic N) is 1. The van der Waals surface area contributed by atoms with Gasteiger partial charge in [-0.3, -0.25) is 4.79 Å². The zero-order valence-corrected chi connectivity index (χ0v) is 11.9. The zero-order chi connectivity index (χ0) is 15.9. The predicted molar refractivity (Wildman–Crippen MR) is 78.9 cm³/mol. The van der Waals surface area contributed by atoms with Crippen molar-refractivity contribution in [3.8, 4) is 0 Å². The van der Waals surface area contributed by atoms with Gasteiger partial charge in [-0.1, -0.05) is 0 Å². The normalized spacial score (nSPS) is 10.3. The van der Waals surface area contributed by atoms with E-state index in [2.05, 4.69) is 15.6 Å². The molecule has 0 radical (unpaired) electrons. The number of aromatic nitrogens is 1. The summed E-state index contributed by atoms with van der Waals surface area (Å²) in [5, 5.41) is 5.40. The predicted octanol–water partition coefficient (Wildman–Crippen LogP) is 2.67. The van der Waals surface area contributed by atoms with E-state index in [1.807, 2.05) is 0 Å². The number of hydrogen-bond acceptors (Lipinski definition) is 4. The lowest BCUT2D eigenvalue weighted by atomic mass is 10.2. The average molecular weight is 307 g/mol. The molecule has 0 saturated heterocycles. The molecule has 1 aromatic heterocycles. The Balaban J connectivity index is 2.00. The van der Waals surface area contributed by atoms with Crippen LogP contribution in [-0.4, -0.2) is 31.2 Å². The maximum Gasteiger partial charge on any atom is 0.274 e. The van der Waals surface area contributed by atoms with Crippen LogP contribution in [0.15, 0.2) is 36.5 Å². The van der Waals surface area contributed by atoms with Gasteiger partial charge in [0.05, 0.1) is 24.2 Å². The van der Waals surface area contributed by atoms with Crippen LogP contribution < -0.4 is 10.6 Å². The lowest BCUT2D eigenvalue weighted by Gasteiger charge is -2.08. The molecule has 0 bridgehead atoms. The highest BCUT2D eigenvalue weighted by molar-refractivity contribution is 6.03. The first-order valence-electron chi connectivity index (χ1n) is 6.55. The van der Waals surface area contributed by atoms with E-state index in [-0.39, 0.29) is 11.4 Å². The van der Waals surface area contributed by atoms with E-state index in [1.54, 1.807) is 13.2 Å². The SMILES string of the molecule is COCCNc1ccc(C(=O)Nc2ccc(F)cc2F)nc1. The molecular formula is C15H15F2N3O2. The van der Waals surface area contributed by atoms with Crippen molar-refractivity contribution >= 4 is 17.3 Å². The molecule has 0 saturated carbocycles. The minimum absolute atomic E-state index is 0.101. The fourth-order valence-electron chi connectivity index (χ4n) is 1.71. The fraction of sp³-hybridized carbons (Fsp3) is 0.200. The first-order valence-corrected chi connectivity index (χ1v) is 6.55. The van der Waals surface area contributed by atoms with E-state index in [1.165, 1.54) is 12.3 Å². The van der Waals surface area contributed by atoms with Gasteiger partial charge in [0, 0.05) is 19.7 Å². The van der Waals surface area contributed by atoms with Crippen molar-refractivity contribution in [1.29, 1.82) is 0 Å². The third-order valence-electron chi connectivity index (χ3n) is 2.81. The summed E-state index contributed by atoms with van der Waals surface area (Å²) in [5.41, 5.74) is 0.762. The van der Waals surface area contributed by atoms with Crippen molar-refractivity contribution in [2.24, 2.45) is 0 Å². The van der Waals surface area contributed by atoms with Crippen LogP contribution >= 0.6 is 0 Å². The summed E-state index contributed by atoms with van der Waals surface area (Å²) in [6.45, 7) is 1.16. The first-order chi connectivity index (χ1) is 10.6. The minimum Gasteiger partial charge on any atom is -0.383 e. The van der Waals surface area contributed by atoms with Crippen LogP contribution in [0.2, 0.25) is 0 Å². The molecule has 116 valence electrons. The monoisotopic (exact) mass is 307 g/mol. The summed E-state index contributed by atoms with van der Waals surface area (Å²) in [6.07, 6.45) is 1.49. The number of methoxy groups -OCH3 is 1. The number of rotatable bonds is 6. The molecule has 0 aliphatic rings. The molecule has 1 heterocycles. The molecule has 2 N–H and O–H groups in total. The van der Waals surface area contributed by atoms with Gasteiger partial charge >= 0.3 is 0 Å². The lowest BCUT2D eigenvalue weighted by Crippen LogP contribution is -2.15. The highest BCUT2D eigenvalue weighted by Gasteiger charge is 2.11. The number of carbonyl (C=O) groups is 1. The molecule has 0 aliphatic heterocycles. The van der Waals surface area contributed by atoms with E-state index in [0.29, 0.717) is 19.2 Å². The van der Waals surface area contributed by atoms with Crippen LogP contribution in [-0.2, 0) is 4.74 Å². The van der Waals surface area contributed by atoms with E-state index in [9.17, 15) is 13.6 Å². The number of halogens is 2. The Morgan fingerprint density at radius 2 is 2.09 bits per heavy atom. The van der Waals surface area contributed by atoms with Crippen LogP contribution in [0.1, 0.15) is 10.5 Å². The van der Waals surface area contributed by atoms with Crippen LogP contribution in [0.5, 0.6) is 0 Å². The molecule has 5 nitrogen and oxygen atoms in total. The Bertz CT molecular complexity index is 648. The van der Waals surface area contributed by atoms with E-state index >= 15 is 0 Å². The molecule has 0 unspecified atom stereocenters. The summed E-state index contributed by atoms with van der Waals surface area (Å²) in [5.74, 6) is -2.12. The second-order valence-corrected chi connectivity index (χ2v) is 4.43. The second kappa shape index (κ2) is 7.46. The van der Waals surface area contributed by atoms with Crippen LogP contribution in [0.4, 0.5) is 20.2 Å². The Morgan fingerprint density at radius 1 is 1.27 bits per heavy atom. The molecule has 0 aliphatic carbocycles. The van der Waals surface area contributed by atoms with Gasteiger partial charge in [0.2, 0.25) is 0 Å². The van der Waals surface area contributed by atoms with Crippen LogP contribution in [0, 0.1) is 11.6 Å². The number of benzene rings is 1. The number of amides is 1. The number of nitrogens with one attached hydrogen (secondary N) is 2. The topological polar surface area (TPSA) is 63.2 Å². The molecule has 2 rings (SSSR count). The third kappa shape index (κ3) is 4.23. The molecule has 0 fully saturated rings. The van der Waals surface area contributed by atoms with E-state index < -0.39 is 17.5 Å². The molecule has 1 aromatic carbocycles. The van der Waals surface area contributed by atoms with E-state index in [4.69, 9.17) is 4.74 Å². The van der Waals surface area contributed by atoms with Crippen molar-refractivity contribution in [3.63, 3.8) is 0 Å². The first kappa shape index (κ1) is 15.8. The van der Waals surface area contributed by atoms with Gasteiger partial charge in [-0.05, 0) is 24.3 Å². The fourth-order valence-corrected chi connectivity index (χ4v) is 1.71. The molecule has 7 heteroatoms. The number of carbonyl (C=O) groups excluding carboxylic acids is 1. The Hall–Kier alpha value is -2.54. The summed E-state index contributed by atoms with van der Waals surface area (Å²) < 4.78 is 31.2. The second-order valence-electron chi connectivity index (χ2n) is 4.43. The quantitative estimate of drug-likeness (QED) is 0.805. The highest BCUT2D eigenvalue weighted by Crippen LogP contribution is 2.16. The minimum atomic E-state index is -0.841. The summed E-state index contributed by atoms with van der Waals surface area (Å²) in [6, 6.07) is 6.11. The summed E-state index contributed by atoms with van der Waals surface area (Å²) in [4.78, 5) is 15.9. The lowest BCUT2D eigenvalue weighted by molar-refractivity contribution is 0.102. The third-order valence-corrected chi connectivity index (χ3v) is 2.81. The smallest absolute Gasteiger partial charge is 0.274 e. The van der Waals surface area contributed by atoms with Crippen LogP contribution in [0.3, 0.4) is 0 Å². The van der Waals surface area contributed by atoms with Crippen molar-refractivity contribution in [1.82, 2.24) is 4.98 Å². The number of hydrogen-bond donors (Lipinski definition) is 2. The van der Waals surface area contributed by atoms with Crippen molar-refractivity contribution in [3.05, 3.63) is 53.9 Å². The van der Waals surface area contributed by atoms with Crippen molar-refractivity contribution in [2.75, 3.05) is 30.9 Å². The molecule has 2 aromatic rings. The highest BCUT2D eigenvalue weighted by atomic mass is 19.1. The standard InChI is InChI=1S/C15H15F2N3O2/c1-22-7-6-18-11-3-5-14(19-9-11)15(21)20-13-4-2-10(16)8-12(13)17/h2-5,8-9,18H,6-7H2,1H3,(H,20,21). The maximum absolute atomic E-state index is 13.5. The number of pyridine rings is 1. The van der Waals surface area contributed by atoms with Gasteiger partial charge < -0.3 is 15.4 Å². The van der Waals surface area contributed by atoms with Gasteiger partial charge in [0.25, 0.3) is 5.91 Å². The van der Waals surface area contributed by atoms with Gasteiger partial charge in [-0.15, -0.1) is 0 Å². The summed E-state index contributed by atoms with van der Waals surface area (Å²) >= 11 is 0. The molecule has 0 spiro atoms. The average Bonchev–Trinajstić information content (AvgIpc) is 2.51. The largest absolute Gasteiger partial charge is 0.383 e. The van der Waals surface area contributed by atoms with Crippen molar-refractivity contribution in [2.45, 2.75) is 0 Å².